The Bertz CT molecular complexity index is 1070. The lowest BCUT2D eigenvalue weighted by molar-refractivity contribution is -0.849. The van der Waals surface area contributed by atoms with Crippen molar-refractivity contribution in [3.8, 4) is 11.7 Å². The lowest BCUT2D eigenvalue weighted by Gasteiger charge is -2.38. The summed E-state index contributed by atoms with van der Waals surface area (Å²) in [5.41, 5.74) is 5.12. The van der Waals surface area contributed by atoms with Crippen molar-refractivity contribution < 1.29 is 4.48 Å². The predicted octanol–water partition coefficient (Wildman–Crippen LogP) is 4.65. The molecule has 0 spiro atoms. The van der Waals surface area contributed by atoms with Gasteiger partial charge in [-0.25, -0.2) is 0 Å². The van der Waals surface area contributed by atoms with Crippen LogP contribution in [-0.4, -0.2) is 38.8 Å². The smallest absolute Gasteiger partial charge is 0.149 e. The van der Waals surface area contributed by atoms with Gasteiger partial charge in [0.25, 0.3) is 0 Å². The third-order valence-corrected chi connectivity index (χ3v) is 5.60. The molecule has 2 heteroatoms. The van der Waals surface area contributed by atoms with Crippen LogP contribution >= 0.6 is 0 Å². The van der Waals surface area contributed by atoms with Crippen molar-refractivity contribution in [1.29, 1.82) is 0 Å². The highest BCUT2D eigenvalue weighted by molar-refractivity contribution is 7.16. The summed E-state index contributed by atoms with van der Waals surface area (Å²) in [5.74, 6) is 7.31. The molecular formula is C32H36BN. The van der Waals surface area contributed by atoms with E-state index in [0.717, 1.165) is 17.3 Å². The predicted molar refractivity (Wildman–Crippen MR) is 150 cm³/mol. The molecule has 4 aromatic rings. The number of hydrogen-bond acceptors (Lipinski definition) is 0. The average Bonchev–Trinajstić information content (AvgIpc) is 2.86. The molecule has 0 fully saturated rings. The number of rotatable bonds is 5. The maximum Gasteiger partial charge on any atom is 0.149 e. The Balaban J connectivity index is 0.000000588. The van der Waals surface area contributed by atoms with Crippen LogP contribution in [0.4, 0.5) is 0 Å². The van der Waals surface area contributed by atoms with E-state index in [4.69, 9.17) is 0 Å². The van der Waals surface area contributed by atoms with E-state index in [9.17, 15) is 0 Å². The third kappa shape index (κ3) is 7.24. The van der Waals surface area contributed by atoms with Crippen LogP contribution in [0.5, 0.6) is 0 Å². The van der Waals surface area contributed by atoms with Crippen molar-refractivity contribution in [3.63, 3.8) is 0 Å². The van der Waals surface area contributed by atoms with Crippen molar-refractivity contribution >= 4 is 22.5 Å². The molecule has 172 valence electrons. The summed E-state index contributed by atoms with van der Waals surface area (Å²) >= 11 is 0. The molecule has 0 aliphatic heterocycles. The van der Waals surface area contributed by atoms with Crippen LogP contribution in [0.3, 0.4) is 0 Å². The Hall–Kier alpha value is -3.54. The molecule has 0 heterocycles. The second-order valence-corrected chi connectivity index (χ2v) is 10.1. The molecular weight excluding hydrogens is 409 g/mol. The zero-order chi connectivity index (χ0) is 24.3. The molecule has 0 saturated heterocycles. The van der Waals surface area contributed by atoms with Gasteiger partial charge in [-0.1, -0.05) is 121 Å². The van der Waals surface area contributed by atoms with Crippen LogP contribution in [0.2, 0.25) is 0 Å². The molecule has 0 N–H and O–H groups in total. The molecule has 4 rings (SSSR count). The number of hydrogen-bond donors (Lipinski definition) is 0. The summed E-state index contributed by atoms with van der Waals surface area (Å²) in [6.45, 7) is 0. The molecule has 0 aliphatic rings. The van der Waals surface area contributed by atoms with Crippen molar-refractivity contribution in [2.45, 2.75) is 12.8 Å². The number of nitrogens with zero attached hydrogens (tertiary/aromatic N) is 1. The Morgan fingerprint density at radius 3 is 1.21 bits per heavy atom. The zero-order valence-electron chi connectivity index (χ0n) is 21.0. The summed E-state index contributed by atoms with van der Waals surface area (Å²) in [4.78, 5) is 0. The second-order valence-electron chi connectivity index (χ2n) is 10.1. The maximum absolute atomic E-state index is 3.76. The first kappa shape index (κ1) is 25.1. The lowest BCUT2D eigenvalue weighted by Crippen LogP contribution is -2.66. The molecule has 0 saturated carbocycles. The first-order valence-corrected chi connectivity index (χ1v) is 12.0. The maximum atomic E-state index is 3.76. The van der Waals surface area contributed by atoms with Crippen LogP contribution in [0.15, 0.2) is 121 Å². The van der Waals surface area contributed by atoms with E-state index in [0.29, 0.717) is 0 Å². The number of benzene rings is 4. The molecule has 0 aliphatic carbocycles. The SMILES string of the molecule is C(#C[B-](c1ccccc1)(c1ccccc1)c1ccccc1)CCc1ccccc1.C[N+](C)(C)C. The fourth-order valence-electron chi connectivity index (χ4n) is 4.13. The highest BCUT2D eigenvalue weighted by Crippen LogP contribution is 2.08. The Labute approximate surface area is 206 Å². The van der Waals surface area contributed by atoms with Crippen LogP contribution in [0, 0.1) is 11.7 Å². The summed E-state index contributed by atoms with van der Waals surface area (Å²) in [5, 5.41) is 0. The molecule has 1 nitrogen and oxygen atoms in total. The molecule has 0 amide bonds. The summed E-state index contributed by atoms with van der Waals surface area (Å²) in [6.07, 6.45) is 0.460. The van der Waals surface area contributed by atoms with Gasteiger partial charge < -0.3 is 4.48 Å². The number of aryl methyl sites for hydroxylation is 1. The molecule has 0 radical (unpaired) electrons. The van der Waals surface area contributed by atoms with Crippen LogP contribution in [-0.2, 0) is 6.42 Å². The first-order valence-electron chi connectivity index (χ1n) is 12.0. The molecule has 4 aromatic carbocycles. The first-order chi connectivity index (χ1) is 16.4. The van der Waals surface area contributed by atoms with Gasteiger partial charge in [0, 0.05) is 6.42 Å². The topological polar surface area (TPSA) is 0 Å². The molecule has 0 bridgehead atoms. The van der Waals surface area contributed by atoms with Gasteiger partial charge in [-0.15, -0.1) is 5.92 Å². The van der Waals surface area contributed by atoms with E-state index in [1.807, 2.05) is 0 Å². The van der Waals surface area contributed by atoms with Crippen molar-refractivity contribution in [3.05, 3.63) is 127 Å². The zero-order valence-corrected chi connectivity index (χ0v) is 21.0. The molecule has 0 atom stereocenters. The van der Waals surface area contributed by atoms with Gasteiger partial charge in [0.15, 0.2) is 0 Å². The Kier molecular flexibility index (Phi) is 8.91. The van der Waals surface area contributed by atoms with Gasteiger partial charge in [0.2, 0.25) is 0 Å². The van der Waals surface area contributed by atoms with Gasteiger partial charge in [0.05, 0.1) is 28.2 Å². The van der Waals surface area contributed by atoms with E-state index in [2.05, 4.69) is 161 Å². The lowest BCUT2D eigenvalue weighted by atomic mass is 9.16. The fourth-order valence-corrected chi connectivity index (χ4v) is 4.13. The van der Waals surface area contributed by atoms with Crippen LogP contribution in [0.1, 0.15) is 12.0 Å². The van der Waals surface area contributed by atoms with Crippen molar-refractivity contribution in [1.82, 2.24) is 0 Å². The quantitative estimate of drug-likeness (QED) is 0.238. The van der Waals surface area contributed by atoms with E-state index in [1.54, 1.807) is 0 Å². The van der Waals surface area contributed by atoms with Gasteiger partial charge in [-0.05, 0) is 12.0 Å². The van der Waals surface area contributed by atoms with Gasteiger partial charge >= 0.3 is 0 Å². The van der Waals surface area contributed by atoms with Crippen molar-refractivity contribution in [2.24, 2.45) is 0 Å². The van der Waals surface area contributed by atoms with E-state index < -0.39 is 6.15 Å². The normalized spacial score (nSPS) is 10.9. The average molecular weight is 445 g/mol. The minimum absolute atomic E-state index is 0.847. The largest absolute Gasteiger partial charge is 0.333 e. The summed E-state index contributed by atoms with van der Waals surface area (Å²) < 4.78 is 1.00. The highest BCUT2D eigenvalue weighted by atomic mass is 15.2. The highest BCUT2D eigenvalue weighted by Gasteiger charge is 2.27. The van der Waals surface area contributed by atoms with Gasteiger partial charge in [-0.3, -0.25) is 5.82 Å². The van der Waals surface area contributed by atoms with Crippen LogP contribution < -0.4 is 16.4 Å². The monoisotopic (exact) mass is 445 g/mol. The van der Waals surface area contributed by atoms with E-state index >= 15 is 0 Å². The Morgan fingerprint density at radius 1 is 0.529 bits per heavy atom. The molecule has 0 aromatic heterocycles. The Morgan fingerprint density at radius 2 is 0.853 bits per heavy atom. The van der Waals surface area contributed by atoms with Gasteiger partial charge in [-0.2, -0.15) is 16.4 Å². The molecule has 0 unspecified atom stereocenters. The van der Waals surface area contributed by atoms with E-state index in [-0.39, 0.29) is 0 Å². The van der Waals surface area contributed by atoms with Crippen LogP contribution in [0.25, 0.3) is 0 Å². The fraction of sp³-hybridized carbons (Fsp3) is 0.188. The third-order valence-electron chi connectivity index (χ3n) is 5.60. The number of quaternary nitrogens is 1. The minimum Gasteiger partial charge on any atom is -0.333 e. The van der Waals surface area contributed by atoms with Crippen molar-refractivity contribution in [2.75, 3.05) is 28.2 Å². The summed E-state index contributed by atoms with van der Waals surface area (Å²) in [6, 6.07) is 42.8. The standard InChI is InChI=1S/C28H24B.C4H12N/c1-5-15-25(16-6-1)17-13-14-24-29(26-18-7-2-8-19-26,27-20-9-3-10-21-27)28-22-11-4-12-23-28;1-5(2,3)4/h1-12,15-16,18-23H,13,17H2;1-4H3/q-1;+1. The minimum atomic E-state index is -1.36. The van der Waals surface area contributed by atoms with Gasteiger partial charge in [0.1, 0.15) is 6.15 Å². The summed E-state index contributed by atoms with van der Waals surface area (Å²) in [7, 11) is 8.50. The van der Waals surface area contributed by atoms with E-state index in [1.165, 1.54) is 22.0 Å². The second kappa shape index (κ2) is 12.1. The molecule has 34 heavy (non-hydrogen) atoms.